The van der Waals surface area contributed by atoms with Crippen LogP contribution in [0.25, 0.3) is 21.2 Å². The molecule has 0 atom stereocenters. The average molecular weight is 450 g/mol. The first-order valence-corrected chi connectivity index (χ1v) is 11.7. The number of amides is 1. The van der Waals surface area contributed by atoms with Crippen molar-refractivity contribution in [2.45, 2.75) is 13.5 Å². The van der Waals surface area contributed by atoms with Gasteiger partial charge in [0.15, 0.2) is 0 Å². The molecule has 0 fully saturated rings. The average Bonchev–Trinajstić information content (AvgIpc) is 3.32. The molecule has 4 heteroatoms. The molecule has 4 aromatic carbocycles. The summed E-state index contributed by atoms with van der Waals surface area (Å²) in [6.07, 6.45) is 0. The van der Waals surface area contributed by atoms with Gasteiger partial charge < -0.3 is 10.1 Å². The Balaban J connectivity index is 1.35. The Morgan fingerprint density at radius 1 is 0.848 bits per heavy atom. The molecule has 0 radical (unpaired) electrons. The zero-order valence-corrected chi connectivity index (χ0v) is 19.1. The molecule has 1 amide bonds. The van der Waals surface area contributed by atoms with E-state index in [2.05, 4.69) is 48.0 Å². The number of carbonyl (C=O) groups excluding carboxylic acids is 1. The number of thiophene rings is 1. The maximum Gasteiger partial charge on any atom is 0.251 e. The monoisotopic (exact) mass is 449 g/mol. The van der Waals surface area contributed by atoms with Gasteiger partial charge in [0.1, 0.15) is 11.5 Å². The molecule has 1 heterocycles. The van der Waals surface area contributed by atoms with Crippen LogP contribution in [0.15, 0.2) is 102 Å². The molecule has 3 nitrogen and oxygen atoms in total. The van der Waals surface area contributed by atoms with Crippen molar-refractivity contribution in [3.8, 4) is 22.6 Å². The van der Waals surface area contributed by atoms with Gasteiger partial charge in [-0.25, -0.2) is 0 Å². The Morgan fingerprint density at radius 2 is 1.64 bits per heavy atom. The van der Waals surface area contributed by atoms with Crippen LogP contribution in [0, 0.1) is 6.92 Å². The summed E-state index contributed by atoms with van der Waals surface area (Å²) in [5, 5.41) is 6.31. The smallest absolute Gasteiger partial charge is 0.251 e. The van der Waals surface area contributed by atoms with E-state index in [1.54, 1.807) is 11.3 Å². The van der Waals surface area contributed by atoms with Gasteiger partial charge in [-0.2, -0.15) is 0 Å². The standard InChI is InChI=1S/C29H23NO2S/c1-20-10-12-22(13-11-20)27-17-23(18-28-26(27)14-15-33-28)29(31)30-19-21-6-5-9-25(16-21)32-24-7-3-2-4-8-24/h2-18H,19H2,1H3,(H,30,31). The van der Waals surface area contributed by atoms with Crippen LogP contribution >= 0.6 is 11.3 Å². The Hall–Kier alpha value is -3.89. The first kappa shape index (κ1) is 21.0. The minimum Gasteiger partial charge on any atom is -0.457 e. The Morgan fingerprint density at radius 3 is 2.45 bits per heavy atom. The molecule has 5 rings (SSSR count). The second kappa shape index (κ2) is 9.31. The molecule has 5 aromatic rings. The number of rotatable bonds is 6. The fraction of sp³-hybridized carbons (Fsp3) is 0.0690. The van der Waals surface area contributed by atoms with E-state index >= 15 is 0 Å². The van der Waals surface area contributed by atoms with E-state index in [1.165, 1.54) is 10.9 Å². The van der Waals surface area contributed by atoms with Crippen molar-refractivity contribution in [3.63, 3.8) is 0 Å². The number of carbonyl (C=O) groups is 1. The van der Waals surface area contributed by atoms with Crippen molar-refractivity contribution >= 4 is 27.3 Å². The van der Waals surface area contributed by atoms with Crippen molar-refractivity contribution in [2.24, 2.45) is 0 Å². The molecule has 1 N–H and O–H groups in total. The lowest BCUT2D eigenvalue weighted by atomic mass is 9.98. The van der Waals surface area contributed by atoms with Crippen molar-refractivity contribution in [3.05, 3.63) is 119 Å². The van der Waals surface area contributed by atoms with Gasteiger partial charge >= 0.3 is 0 Å². The number of ether oxygens (including phenoxy) is 1. The molecule has 0 saturated heterocycles. The van der Waals surface area contributed by atoms with Gasteiger partial charge in [0.25, 0.3) is 5.91 Å². The molecule has 0 saturated carbocycles. The van der Waals surface area contributed by atoms with Gasteiger partial charge in [-0.05, 0) is 71.5 Å². The van der Waals surface area contributed by atoms with E-state index in [4.69, 9.17) is 4.74 Å². The number of para-hydroxylation sites is 1. The molecule has 162 valence electrons. The second-order valence-corrected chi connectivity index (χ2v) is 8.92. The molecular formula is C29H23NO2S. The minimum atomic E-state index is -0.0898. The van der Waals surface area contributed by atoms with Crippen LogP contribution in [0.3, 0.4) is 0 Å². The Bertz CT molecular complexity index is 1410. The summed E-state index contributed by atoms with van der Waals surface area (Å²) in [7, 11) is 0. The van der Waals surface area contributed by atoms with E-state index in [-0.39, 0.29) is 5.91 Å². The van der Waals surface area contributed by atoms with E-state index in [0.717, 1.165) is 32.9 Å². The maximum absolute atomic E-state index is 13.1. The van der Waals surface area contributed by atoms with Gasteiger partial charge in [0, 0.05) is 22.2 Å². The van der Waals surface area contributed by atoms with Crippen LogP contribution in [0.2, 0.25) is 0 Å². The van der Waals surface area contributed by atoms with Crippen LogP contribution in [0.1, 0.15) is 21.5 Å². The SMILES string of the molecule is Cc1ccc(-c2cc(C(=O)NCc3cccc(Oc4ccccc4)c3)cc3sccc23)cc1. The molecule has 1 aromatic heterocycles. The quantitative estimate of drug-likeness (QED) is 0.290. The van der Waals surface area contributed by atoms with Crippen LogP contribution < -0.4 is 10.1 Å². The van der Waals surface area contributed by atoms with Crippen molar-refractivity contribution < 1.29 is 9.53 Å². The number of fused-ring (bicyclic) bond motifs is 1. The fourth-order valence-electron chi connectivity index (χ4n) is 3.80. The predicted molar refractivity (Wildman–Crippen MR) is 136 cm³/mol. The molecule has 0 spiro atoms. The van der Waals surface area contributed by atoms with Gasteiger partial charge in [-0.15, -0.1) is 11.3 Å². The summed E-state index contributed by atoms with van der Waals surface area (Å²) >= 11 is 1.65. The summed E-state index contributed by atoms with van der Waals surface area (Å²) in [4.78, 5) is 13.1. The zero-order valence-electron chi connectivity index (χ0n) is 18.2. The number of hydrogen-bond acceptors (Lipinski definition) is 3. The van der Waals surface area contributed by atoms with Crippen molar-refractivity contribution in [1.29, 1.82) is 0 Å². The Labute approximate surface area is 197 Å². The van der Waals surface area contributed by atoms with Crippen LogP contribution in [0.5, 0.6) is 11.5 Å². The minimum absolute atomic E-state index is 0.0898. The number of aryl methyl sites for hydroxylation is 1. The number of benzene rings is 4. The highest BCUT2D eigenvalue weighted by Gasteiger charge is 2.13. The van der Waals surface area contributed by atoms with Gasteiger partial charge in [-0.1, -0.05) is 60.2 Å². The molecule has 0 aliphatic rings. The molecule has 33 heavy (non-hydrogen) atoms. The number of nitrogens with one attached hydrogen (secondary N) is 1. The van der Waals surface area contributed by atoms with Crippen molar-refractivity contribution in [2.75, 3.05) is 0 Å². The second-order valence-electron chi connectivity index (χ2n) is 7.97. The van der Waals surface area contributed by atoms with Gasteiger partial charge in [0.2, 0.25) is 0 Å². The first-order valence-electron chi connectivity index (χ1n) is 10.8. The summed E-state index contributed by atoms with van der Waals surface area (Å²) in [5.74, 6) is 1.44. The van der Waals surface area contributed by atoms with Gasteiger partial charge in [0.05, 0.1) is 0 Å². The van der Waals surface area contributed by atoms with E-state index in [9.17, 15) is 4.79 Å². The maximum atomic E-state index is 13.1. The third-order valence-corrected chi connectivity index (χ3v) is 6.39. The lowest BCUT2D eigenvalue weighted by Crippen LogP contribution is -2.22. The van der Waals surface area contributed by atoms with E-state index < -0.39 is 0 Å². The third-order valence-electron chi connectivity index (χ3n) is 5.53. The highest BCUT2D eigenvalue weighted by atomic mass is 32.1. The fourth-order valence-corrected chi connectivity index (χ4v) is 4.65. The first-order chi connectivity index (χ1) is 16.2. The van der Waals surface area contributed by atoms with E-state index in [0.29, 0.717) is 12.1 Å². The molecule has 0 aliphatic heterocycles. The summed E-state index contributed by atoms with van der Waals surface area (Å²) in [5.41, 5.74) is 5.05. The molecule has 0 unspecified atom stereocenters. The molecule has 0 bridgehead atoms. The highest BCUT2D eigenvalue weighted by Crippen LogP contribution is 2.33. The predicted octanol–water partition coefficient (Wildman–Crippen LogP) is 7.60. The highest BCUT2D eigenvalue weighted by molar-refractivity contribution is 7.17. The largest absolute Gasteiger partial charge is 0.457 e. The van der Waals surface area contributed by atoms with Crippen molar-refractivity contribution in [1.82, 2.24) is 5.32 Å². The van der Waals surface area contributed by atoms with E-state index in [1.807, 2.05) is 66.7 Å². The summed E-state index contributed by atoms with van der Waals surface area (Å²) in [6.45, 7) is 2.50. The van der Waals surface area contributed by atoms with Gasteiger partial charge in [-0.3, -0.25) is 4.79 Å². The molecule has 0 aliphatic carbocycles. The lowest BCUT2D eigenvalue weighted by molar-refractivity contribution is 0.0951. The number of hydrogen-bond donors (Lipinski definition) is 1. The summed E-state index contributed by atoms with van der Waals surface area (Å²) in [6, 6.07) is 32.0. The lowest BCUT2D eigenvalue weighted by Gasteiger charge is -2.11. The molecular weight excluding hydrogens is 426 g/mol. The third kappa shape index (κ3) is 4.81. The van der Waals surface area contributed by atoms with Crippen LogP contribution in [-0.4, -0.2) is 5.91 Å². The van der Waals surface area contributed by atoms with Crippen LogP contribution in [-0.2, 0) is 6.54 Å². The summed E-state index contributed by atoms with van der Waals surface area (Å²) < 4.78 is 7.02. The van der Waals surface area contributed by atoms with Crippen LogP contribution in [0.4, 0.5) is 0 Å². The topological polar surface area (TPSA) is 38.3 Å². The zero-order chi connectivity index (χ0) is 22.6. The Kier molecular flexibility index (Phi) is 5.92. The normalized spacial score (nSPS) is 10.8.